The van der Waals surface area contributed by atoms with Crippen molar-refractivity contribution < 1.29 is 34.5 Å². The Bertz CT molecular complexity index is 789. The molecule has 4 unspecified atom stereocenters. The molecule has 0 bridgehead atoms. The fourth-order valence-electron chi connectivity index (χ4n) is 2.75. The summed E-state index contributed by atoms with van der Waals surface area (Å²) in [6.45, 7) is 0.955. The average molecular weight is 471 g/mol. The average Bonchev–Trinajstić information content (AvgIpc) is 2.74. The van der Waals surface area contributed by atoms with Crippen LogP contribution in [0.2, 0.25) is 0 Å². The quantitative estimate of drug-likeness (QED) is 0.181. The number of benzene rings is 1. The van der Waals surface area contributed by atoms with Gasteiger partial charge < -0.3 is 37.0 Å². The Labute approximate surface area is 190 Å². The number of aliphatic hydroxyl groups excluding tert-OH is 1. The predicted molar refractivity (Wildman–Crippen MR) is 119 cm³/mol. The molecule has 0 saturated carbocycles. The molecule has 0 spiro atoms. The first-order valence-electron chi connectivity index (χ1n) is 9.86. The van der Waals surface area contributed by atoms with Gasteiger partial charge in [-0.1, -0.05) is 12.1 Å². The topological polar surface area (TPSA) is 191 Å². The van der Waals surface area contributed by atoms with Crippen LogP contribution in [0.5, 0.6) is 5.75 Å². The molecule has 0 aliphatic heterocycles. The highest BCUT2D eigenvalue weighted by molar-refractivity contribution is 7.98. The third-order valence-corrected chi connectivity index (χ3v) is 5.15. The van der Waals surface area contributed by atoms with E-state index >= 15 is 0 Å². The Kier molecular flexibility index (Phi) is 11.5. The number of rotatable bonds is 13. The van der Waals surface area contributed by atoms with Gasteiger partial charge in [0, 0.05) is 6.42 Å². The van der Waals surface area contributed by atoms with Gasteiger partial charge in [-0.05, 0) is 43.0 Å². The third kappa shape index (κ3) is 9.12. The molecule has 0 heterocycles. The molecule has 0 aromatic heterocycles. The van der Waals surface area contributed by atoms with E-state index in [1.807, 2.05) is 6.26 Å². The maximum absolute atomic E-state index is 12.7. The summed E-state index contributed by atoms with van der Waals surface area (Å²) in [5.41, 5.74) is 5.83. The number of aliphatic carboxylic acids is 1. The van der Waals surface area contributed by atoms with Gasteiger partial charge in [-0.3, -0.25) is 14.4 Å². The van der Waals surface area contributed by atoms with Crippen LogP contribution in [0.3, 0.4) is 0 Å². The van der Waals surface area contributed by atoms with Gasteiger partial charge in [0.25, 0.3) is 0 Å². The molecule has 12 heteroatoms. The van der Waals surface area contributed by atoms with Crippen molar-refractivity contribution in [1.29, 1.82) is 0 Å². The number of hydrogen-bond acceptors (Lipinski definition) is 8. The summed E-state index contributed by atoms with van der Waals surface area (Å²) in [5, 5.41) is 36.0. The van der Waals surface area contributed by atoms with Crippen LogP contribution in [0.1, 0.15) is 18.9 Å². The molecule has 11 nitrogen and oxygen atoms in total. The summed E-state index contributed by atoms with van der Waals surface area (Å²) in [6, 6.07) is 2.05. The zero-order chi connectivity index (χ0) is 24.3. The van der Waals surface area contributed by atoms with E-state index in [4.69, 9.17) is 5.73 Å². The number of carbonyl (C=O) groups excluding carboxylic acids is 3. The van der Waals surface area contributed by atoms with Crippen molar-refractivity contribution in [2.45, 2.75) is 44.0 Å². The van der Waals surface area contributed by atoms with Crippen LogP contribution in [0.4, 0.5) is 0 Å². The fourth-order valence-corrected chi connectivity index (χ4v) is 3.22. The minimum Gasteiger partial charge on any atom is -0.508 e. The Morgan fingerprint density at radius 2 is 1.66 bits per heavy atom. The molecule has 1 aromatic rings. The second kappa shape index (κ2) is 13.6. The van der Waals surface area contributed by atoms with Gasteiger partial charge in [0.2, 0.25) is 17.7 Å². The van der Waals surface area contributed by atoms with Gasteiger partial charge in [-0.15, -0.1) is 0 Å². The van der Waals surface area contributed by atoms with Crippen LogP contribution < -0.4 is 21.7 Å². The minimum atomic E-state index is -1.45. The number of amides is 3. The molecule has 1 aromatic carbocycles. The smallest absolute Gasteiger partial charge is 0.326 e. The van der Waals surface area contributed by atoms with Gasteiger partial charge in [0.05, 0.1) is 12.6 Å². The van der Waals surface area contributed by atoms with Crippen molar-refractivity contribution in [1.82, 2.24) is 16.0 Å². The van der Waals surface area contributed by atoms with Gasteiger partial charge in [0.1, 0.15) is 23.9 Å². The molecule has 0 aliphatic carbocycles. The molecule has 1 rings (SSSR count). The largest absolute Gasteiger partial charge is 0.508 e. The van der Waals surface area contributed by atoms with Crippen molar-refractivity contribution in [3.05, 3.63) is 29.8 Å². The maximum atomic E-state index is 12.7. The summed E-state index contributed by atoms with van der Waals surface area (Å²) in [7, 11) is 0. The zero-order valence-corrected chi connectivity index (χ0v) is 18.7. The Hall–Kier alpha value is -2.83. The molecule has 8 N–H and O–H groups in total. The van der Waals surface area contributed by atoms with Gasteiger partial charge in [-0.2, -0.15) is 11.8 Å². The predicted octanol–water partition coefficient (Wildman–Crippen LogP) is -1.43. The SMILES string of the molecule is CSCCC(NC(=O)CN)C(=O)NC(C(=O)NC(Cc1ccc(O)cc1)C(=O)O)C(C)O. The first-order chi connectivity index (χ1) is 15.1. The summed E-state index contributed by atoms with van der Waals surface area (Å²) in [4.78, 5) is 48.6. The van der Waals surface area contributed by atoms with E-state index in [0.29, 0.717) is 11.3 Å². The number of nitrogens with two attached hydrogens (primary N) is 1. The molecule has 0 aliphatic rings. The molecule has 32 heavy (non-hydrogen) atoms. The highest BCUT2D eigenvalue weighted by Crippen LogP contribution is 2.12. The second-order valence-electron chi connectivity index (χ2n) is 7.10. The van der Waals surface area contributed by atoms with Crippen LogP contribution in [0.25, 0.3) is 0 Å². The van der Waals surface area contributed by atoms with Crippen molar-refractivity contribution >= 4 is 35.5 Å². The number of aromatic hydroxyl groups is 1. The van der Waals surface area contributed by atoms with E-state index in [1.54, 1.807) is 0 Å². The summed E-state index contributed by atoms with van der Waals surface area (Å²) in [6.07, 6.45) is 0.677. The van der Waals surface area contributed by atoms with Crippen LogP contribution in [0.15, 0.2) is 24.3 Å². The molecule has 0 saturated heterocycles. The number of carboxylic acids is 1. The highest BCUT2D eigenvalue weighted by atomic mass is 32.2. The normalized spacial score (nSPS) is 14.5. The van der Waals surface area contributed by atoms with Crippen molar-refractivity contribution in [3.63, 3.8) is 0 Å². The van der Waals surface area contributed by atoms with Crippen LogP contribution in [-0.2, 0) is 25.6 Å². The number of phenolic OH excluding ortho intramolecular Hbond substituents is 1. The van der Waals surface area contributed by atoms with Crippen LogP contribution in [0, 0.1) is 0 Å². The van der Waals surface area contributed by atoms with Crippen molar-refractivity contribution in [2.75, 3.05) is 18.6 Å². The number of carboxylic acid groups (broad SMARTS) is 1. The monoisotopic (exact) mass is 470 g/mol. The highest BCUT2D eigenvalue weighted by Gasteiger charge is 2.32. The number of hydrogen-bond donors (Lipinski definition) is 7. The van der Waals surface area contributed by atoms with Gasteiger partial charge in [0.15, 0.2) is 0 Å². The molecular weight excluding hydrogens is 440 g/mol. The summed E-state index contributed by atoms with van der Waals surface area (Å²) in [5.74, 6) is -2.90. The Morgan fingerprint density at radius 3 is 2.16 bits per heavy atom. The number of phenols is 1. The van der Waals surface area contributed by atoms with E-state index in [1.165, 1.54) is 43.0 Å². The molecule has 3 amide bonds. The Balaban J connectivity index is 2.91. The maximum Gasteiger partial charge on any atom is 0.326 e. The summed E-state index contributed by atoms with van der Waals surface area (Å²) >= 11 is 1.45. The van der Waals surface area contributed by atoms with Gasteiger partial charge in [-0.25, -0.2) is 4.79 Å². The van der Waals surface area contributed by atoms with E-state index in [0.717, 1.165) is 0 Å². The van der Waals surface area contributed by atoms with Crippen LogP contribution in [-0.4, -0.2) is 81.8 Å². The fraction of sp³-hybridized carbons (Fsp3) is 0.500. The minimum absolute atomic E-state index is 0.0132. The van der Waals surface area contributed by atoms with Crippen molar-refractivity contribution in [2.24, 2.45) is 5.73 Å². The lowest BCUT2D eigenvalue weighted by Gasteiger charge is -2.26. The first-order valence-corrected chi connectivity index (χ1v) is 11.3. The lowest BCUT2D eigenvalue weighted by atomic mass is 10.0. The molecular formula is C20H30N4O7S. The second-order valence-corrected chi connectivity index (χ2v) is 8.09. The molecule has 0 fully saturated rings. The summed E-state index contributed by atoms with van der Waals surface area (Å²) < 4.78 is 0. The van der Waals surface area contributed by atoms with Gasteiger partial charge >= 0.3 is 5.97 Å². The third-order valence-electron chi connectivity index (χ3n) is 4.50. The number of nitrogens with one attached hydrogen (secondary N) is 3. The van der Waals surface area contributed by atoms with Crippen LogP contribution >= 0.6 is 11.8 Å². The van der Waals surface area contributed by atoms with E-state index in [-0.39, 0.29) is 25.1 Å². The Morgan fingerprint density at radius 1 is 1.03 bits per heavy atom. The van der Waals surface area contributed by atoms with E-state index in [2.05, 4.69) is 16.0 Å². The lowest BCUT2D eigenvalue weighted by Crippen LogP contribution is -2.59. The number of aliphatic hydroxyl groups is 1. The molecule has 4 atom stereocenters. The van der Waals surface area contributed by atoms with E-state index in [9.17, 15) is 34.5 Å². The van der Waals surface area contributed by atoms with Crippen molar-refractivity contribution in [3.8, 4) is 5.75 Å². The number of carbonyl (C=O) groups is 4. The molecule has 0 radical (unpaired) electrons. The van der Waals surface area contributed by atoms with E-state index < -0.39 is 47.9 Å². The lowest BCUT2D eigenvalue weighted by molar-refractivity contribution is -0.143. The molecule has 178 valence electrons. The standard InChI is InChI=1S/C20H30N4O7S/c1-11(25)17(24-18(28)14(7-8-32-2)22-16(27)10-21)19(29)23-15(20(30)31)9-12-3-5-13(26)6-4-12/h3-6,11,14-15,17,25-26H,7-10,21H2,1-2H3,(H,22,27)(H,23,29)(H,24,28)(H,30,31). The number of thioether (sulfide) groups is 1. The first kappa shape index (κ1) is 27.2. The zero-order valence-electron chi connectivity index (χ0n) is 17.9.